The third-order valence-corrected chi connectivity index (χ3v) is 6.01. The Kier molecular flexibility index (Phi) is 5.30. The number of nitrogens with zero attached hydrogens (tertiary/aromatic N) is 2. The largest absolute Gasteiger partial charge is 0.441 e. The highest BCUT2D eigenvalue weighted by Gasteiger charge is 2.50. The summed E-state index contributed by atoms with van der Waals surface area (Å²) >= 11 is 0. The van der Waals surface area contributed by atoms with Crippen LogP contribution in [-0.2, 0) is 16.0 Å². The molecule has 2 aliphatic rings. The number of hydrogen-bond acceptors (Lipinski definition) is 4. The van der Waals surface area contributed by atoms with Crippen LogP contribution in [0, 0.1) is 17.6 Å². The van der Waals surface area contributed by atoms with Crippen molar-refractivity contribution in [1.82, 2.24) is 9.88 Å². The fourth-order valence-electron chi connectivity index (χ4n) is 4.47. The predicted octanol–water partition coefficient (Wildman–Crippen LogP) is 4.54. The van der Waals surface area contributed by atoms with Crippen molar-refractivity contribution < 1.29 is 23.1 Å². The zero-order valence-corrected chi connectivity index (χ0v) is 17.0. The Morgan fingerprint density at radius 2 is 1.93 bits per heavy atom. The van der Waals surface area contributed by atoms with Gasteiger partial charge in [-0.15, -0.1) is 0 Å². The van der Waals surface area contributed by atoms with Gasteiger partial charge in [0.2, 0.25) is 0 Å². The normalized spacial score (nSPS) is 22.5. The summed E-state index contributed by atoms with van der Waals surface area (Å²) in [5.74, 6) is -0.990. The van der Waals surface area contributed by atoms with Gasteiger partial charge in [0.05, 0.1) is 6.04 Å². The van der Waals surface area contributed by atoms with Crippen molar-refractivity contribution in [2.75, 3.05) is 6.54 Å². The summed E-state index contributed by atoms with van der Waals surface area (Å²) in [6.07, 6.45) is 3.44. The molecule has 5 nitrogen and oxygen atoms in total. The molecule has 1 aromatic heterocycles. The molecule has 1 aromatic carbocycles. The SMILES string of the molecule is CC1(C)OC(=O)N2CCC(CC(=O)Cc3ccc(-c4cc(F)cc(F)c4)cn3)CC21. The van der Waals surface area contributed by atoms with Crippen LogP contribution in [0.4, 0.5) is 13.6 Å². The molecule has 3 heterocycles. The molecule has 0 radical (unpaired) electrons. The maximum absolute atomic E-state index is 13.4. The lowest BCUT2D eigenvalue weighted by atomic mass is 9.81. The van der Waals surface area contributed by atoms with Gasteiger partial charge in [0.15, 0.2) is 0 Å². The van der Waals surface area contributed by atoms with Crippen molar-refractivity contribution in [2.45, 2.75) is 51.2 Å². The first kappa shape index (κ1) is 20.4. The number of pyridine rings is 1. The van der Waals surface area contributed by atoms with Crippen molar-refractivity contribution in [3.05, 3.63) is 53.9 Å². The van der Waals surface area contributed by atoms with Crippen LogP contribution in [0.1, 0.15) is 38.8 Å². The highest BCUT2D eigenvalue weighted by atomic mass is 19.1. The molecule has 158 valence electrons. The number of amides is 1. The maximum atomic E-state index is 13.4. The zero-order chi connectivity index (χ0) is 21.5. The fourth-order valence-corrected chi connectivity index (χ4v) is 4.47. The molecule has 2 fully saturated rings. The van der Waals surface area contributed by atoms with Gasteiger partial charge in [-0.25, -0.2) is 13.6 Å². The number of aromatic nitrogens is 1. The van der Waals surface area contributed by atoms with E-state index in [1.165, 1.54) is 18.3 Å². The molecule has 4 rings (SSSR count). The van der Waals surface area contributed by atoms with E-state index in [2.05, 4.69) is 4.98 Å². The molecule has 1 amide bonds. The lowest BCUT2D eigenvalue weighted by Gasteiger charge is -2.36. The summed E-state index contributed by atoms with van der Waals surface area (Å²) in [5.41, 5.74) is 1.08. The summed E-state index contributed by atoms with van der Waals surface area (Å²) in [4.78, 5) is 30.6. The lowest BCUT2D eigenvalue weighted by molar-refractivity contribution is -0.119. The Hall–Kier alpha value is -2.83. The van der Waals surface area contributed by atoms with Gasteiger partial charge in [-0.1, -0.05) is 6.07 Å². The summed E-state index contributed by atoms with van der Waals surface area (Å²) in [6, 6.07) is 6.74. The van der Waals surface area contributed by atoms with Gasteiger partial charge in [-0.2, -0.15) is 0 Å². The van der Waals surface area contributed by atoms with Gasteiger partial charge in [-0.3, -0.25) is 9.78 Å². The van der Waals surface area contributed by atoms with E-state index in [4.69, 9.17) is 4.74 Å². The third kappa shape index (κ3) is 4.20. The number of benzene rings is 1. The highest BCUT2D eigenvalue weighted by Crippen LogP contribution is 2.38. The topological polar surface area (TPSA) is 59.5 Å². The van der Waals surface area contributed by atoms with E-state index in [0.717, 1.165) is 18.9 Å². The first-order chi connectivity index (χ1) is 14.2. The van der Waals surface area contributed by atoms with Crippen molar-refractivity contribution >= 4 is 11.9 Å². The van der Waals surface area contributed by atoms with Gasteiger partial charge >= 0.3 is 6.09 Å². The van der Waals surface area contributed by atoms with E-state index in [1.54, 1.807) is 17.0 Å². The van der Waals surface area contributed by atoms with Gasteiger partial charge in [0.25, 0.3) is 0 Å². The molecule has 0 spiro atoms. The molecule has 0 saturated carbocycles. The van der Waals surface area contributed by atoms with Gasteiger partial charge in [0, 0.05) is 42.9 Å². The van der Waals surface area contributed by atoms with Crippen LogP contribution in [0.2, 0.25) is 0 Å². The second-order valence-electron chi connectivity index (χ2n) is 8.69. The second-order valence-corrected chi connectivity index (χ2v) is 8.69. The van der Waals surface area contributed by atoms with Crippen LogP contribution in [-0.4, -0.2) is 39.9 Å². The number of ether oxygens (including phenoxy) is 1. The molecule has 2 saturated heterocycles. The van der Waals surface area contributed by atoms with E-state index in [0.29, 0.717) is 29.8 Å². The van der Waals surface area contributed by atoms with Crippen molar-refractivity contribution in [3.8, 4) is 11.1 Å². The zero-order valence-electron chi connectivity index (χ0n) is 17.0. The van der Waals surface area contributed by atoms with Crippen LogP contribution in [0.3, 0.4) is 0 Å². The lowest BCUT2D eigenvalue weighted by Crippen LogP contribution is -2.47. The molecule has 0 bridgehead atoms. The average molecular weight is 414 g/mol. The number of halogens is 2. The quantitative estimate of drug-likeness (QED) is 0.721. The van der Waals surface area contributed by atoms with E-state index in [1.807, 2.05) is 13.8 Å². The molecule has 2 atom stereocenters. The summed E-state index contributed by atoms with van der Waals surface area (Å²) in [5, 5.41) is 0. The van der Waals surface area contributed by atoms with E-state index in [-0.39, 0.29) is 30.3 Å². The summed E-state index contributed by atoms with van der Waals surface area (Å²) < 4.78 is 32.3. The molecular weight excluding hydrogens is 390 g/mol. The predicted molar refractivity (Wildman–Crippen MR) is 107 cm³/mol. The number of carbonyl (C=O) groups excluding carboxylic acids is 2. The first-order valence-electron chi connectivity index (χ1n) is 10.1. The van der Waals surface area contributed by atoms with E-state index >= 15 is 0 Å². The number of Topliss-reactive ketones (excluding diaryl/α,β-unsaturated/α-hetero) is 1. The highest BCUT2D eigenvalue weighted by molar-refractivity contribution is 5.81. The number of fused-ring (bicyclic) bond motifs is 1. The van der Waals surface area contributed by atoms with Gasteiger partial charge < -0.3 is 9.64 Å². The molecule has 2 unspecified atom stereocenters. The monoisotopic (exact) mass is 414 g/mol. The van der Waals surface area contributed by atoms with Gasteiger partial charge in [0.1, 0.15) is 23.0 Å². The first-order valence-corrected chi connectivity index (χ1v) is 10.1. The molecule has 0 N–H and O–H groups in total. The standard InChI is InChI=1S/C23H24F2N2O3/c1-23(2)21-8-14(5-6-27(21)22(29)30-23)7-20(28)12-19-4-3-15(13-26-19)16-9-17(24)11-18(25)10-16/h3-4,9-11,13-14,21H,5-8,12H2,1-2H3. The molecule has 2 aliphatic heterocycles. The van der Waals surface area contributed by atoms with Gasteiger partial charge in [-0.05, 0) is 56.4 Å². The number of cyclic esters (lactones) is 1. The van der Waals surface area contributed by atoms with E-state index in [9.17, 15) is 18.4 Å². The van der Waals surface area contributed by atoms with Crippen molar-refractivity contribution in [2.24, 2.45) is 5.92 Å². The Balaban J connectivity index is 1.36. The van der Waals surface area contributed by atoms with Crippen LogP contribution in [0.25, 0.3) is 11.1 Å². The molecular formula is C23H24F2N2O3. The Morgan fingerprint density at radius 1 is 1.20 bits per heavy atom. The molecule has 30 heavy (non-hydrogen) atoms. The number of rotatable bonds is 5. The summed E-state index contributed by atoms with van der Waals surface area (Å²) in [7, 11) is 0. The van der Waals surface area contributed by atoms with Crippen LogP contribution >= 0.6 is 0 Å². The number of carbonyl (C=O) groups is 2. The Bertz CT molecular complexity index is 955. The third-order valence-electron chi connectivity index (χ3n) is 6.01. The second kappa shape index (κ2) is 7.78. The number of ketones is 1. The summed E-state index contributed by atoms with van der Waals surface area (Å²) in [6.45, 7) is 4.44. The molecule has 2 aromatic rings. The van der Waals surface area contributed by atoms with Crippen LogP contribution < -0.4 is 0 Å². The minimum atomic E-state index is -0.646. The Labute approximate surface area is 174 Å². The number of piperidine rings is 1. The molecule has 7 heteroatoms. The average Bonchev–Trinajstić information content (AvgIpc) is 2.90. The minimum Gasteiger partial charge on any atom is -0.441 e. The Morgan fingerprint density at radius 3 is 2.60 bits per heavy atom. The maximum Gasteiger partial charge on any atom is 0.410 e. The van der Waals surface area contributed by atoms with E-state index < -0.39 is 17.2 Å². The number of hydrogen-bond donors (Lipinski definition) is 0. The van der Waals surface area contributed by atoms with Crippen LogP contribution in [0.5, 0.6) is 0 Å². The smallest absolute Gasteiger partial charge is 0.410 e. The fraction of sp³-hybridized carbons (Fsp3) is 0.435. The molecule has 0 aliphatic carbocycles. The van der Waals surface area contributed by atoms with Crippen molar-refractivity contribution in [3.63, 3.8) is 0 Å². The minimum absolute atomic E-state index is 0.000576. The van der Waals surface area contributed by atoms with Crippen molar-refractivity contribution in [1.29, 1.82) is 0 Å². The van der Waals surface area contributed by atoms with Crippen LogP contribution in [0.15, 0.2) is 36.5 Å².